The SMILES string of the molecule is CC(C)c1cccc(C(C)C)c1NC(=O)CN1C[C@H](C)C[C@@H](C)C1. The van der Waals surface area contributed by atoms with Crippen LogP contribution in [0.5, 0.6) is 0 Å². The molecule has 1 aliphatic heterocycles. The molecule has 1 aromatic carbocycles. The van der Waals surface area contributed by atoms with Crippen molar-refractivity contribution < 1.29 is 4.79 Å². The first-order valence-corrected chi connectivity index (χ1v) is 9.42. The van der Waals surface area contributed by atoms with Crippen LogP contribution in [0.15, 0.2) is 18.2 Å². The van der Waals surface area contributed by atoms with Gasteiger partial charge in [0.05, 0.1) is 6.54 Å². The van der Waals surface area contributed by atoms with Crippen LogP contribution in [0.2, 0.25) is 0 Å². The fourth-order valence-electron chi connectivity index (χ4n) is 4.00. The summed E-state index contributed by atoms with van der Waals surface area (Å²) in [6, 6.07) is 6.38. The van der Waals surface area contributed by atoms with E-state index in [1.165, 1.54) is 17.5 Å². The summed E-state index contributed by atoms with van der Waals surface area (Å²) < 4.78 is 0. The molecule has 0 aromatic heterocycles. The summed E-state index contributed by atoms with van der Waals surface area (Å²) in [5, 5.41) is 3.24. The molecule has 0 bridgehead atoms. The minimum absolute atomic E-state index is 0.117. The summed E-state index contributed by atoms with van der Waals surface area (Å²) in [5.41, 5.74) is 3.50. The highest BCUT2D eigenvalue weighted by atomic mass is 16.2. The number of para-hydroxylation sites is 1. The number of amides is 1. The van der Waals surface area contributed by atoms with Gasteiger partial charge in [-0.2, -0.15) is 0 Å². The molecule has 1 fully saturated rings. The highest BCUT2D eigenvalue weighted by molar-refractivity contribution is 5.94. The van der Waals surface area contributed by atoms with E-state index in [0.717, 1.165) is 18.8 Å². The van der Waals surface area contributed by atoms with E-state index in [1.54, 1.807) is 0 Å². The van der Waals surface area contributed by atoms with E-state index in [1.807, 2.05) is 0 Å². The molecule has 0 unspecified atom stereocenters. The maximum absolute atomic E-state index is 12.7. The third-order valence-corrected chi connectivity index (χ3v) is 4.95. The molecule has 1 N–H and O–H groups in total. The number of nitrogens with zero attached hydrogens (tertiary/aromatic N) is 1. The van der Waals surface area contributed by atoms with E-state index >= 15 is 0 Å². The van der Waals surface area contributed by atoms with Crippen molar-refractivity contribution in [2.24, 2.45) is 11.8 Å². The number of hydrogen-bond donors (Lipinski definition) is 1. The Labute approximate surface area is 147 Å². The van der Waals surface area contributed by atoms with Crippen molar-refractivity contribution in [1.82, 2.24) is 4.90 Å². The van der Waals surface area contributed by atoms with Crippen LogP contribution >= 0.6 is 0 Å². The third-order valence-electron chi connectivity index (χ3n) is 4.95. The fourth-order valence-corrected chi connectivity index (χ4v) is 4.00. The number of carbonyl (C=O) groups is 1. The van der Waals surface area contributed by atoms with Crippen molar-refractivity contribution in [1.29, 1.82) is 0 Å². The van der Waals surface area contributed by atoms with Crippen molar-refractivity contribution in [3.05, 3.63) is 29.3 Å². The molecule has 1 saturated heterocycles. The lowest BCUT2D eigenvalue weighted by Crippen LogP contribution is -2.43. The summed E-state index contributed by atoms with van der Waals surface area (Å²) >= 11 is 0. The number of benzene rings is 1. The smallest absolute Gasteiger partial charge is 0.238 e. The Morgan fingerprint density at radius 3 is 2.04 bits per heavy atom. The first kappa shape index (κ1) is 19.0. The molecule has 24 heavy (non-hydrogen) atoms. The van der Waals surface area contributed by atoms with Gasteiger partial charge in [-0.3, -0.25) is 9.69 Å². The first-order valence-electron chi connectivity index (χ1n) is 9.42. The Bertz CT molecular complexity index is 529. The van der Waals surface area contributed by atoms with Gasteiger partial charge >= 0.3 is 0 Å². The maximum Gasteiger partial charge on any atom is 0.238 e. The van der Waals surface area contributed by atoms with Crippen molar-refractivity contribution >= 4 is 11.6 Å². The molecule has 1 amide bonds. The van der Waals surface area contributed by atoms with Crippen LogP contribution in [0.3, 0.4) is 0 Å². The zero-order chi connectivity index (χ0) is 17.9. The summed E-state index contributed by atoms with van der Waals surface area (Å²) in [6.45, 7) is 15.9. The highest BCUT2D eigenvalue weighted by Crippen LogP contribution is 2.32. The summed E-state index contributed by atoms with van der Waals surface area (Å²) in [7, 11) is 0. The van der Waals surface area contributed by atoms with Gasteiger partial charge in [0.1, 0.15) is 0 Å². The summed E-state index contributed by atoms with van der Waals surface area (Å²) in [4.78, 5) is 15.0. The highest BCUT2D eigenvalue weighted by Gasteiger charge is 2.24. The van der Waals surface area contributed by atoms with Crippen LogP contribution in [-0.4, -0.2) is 30.4 Å². The number of anilines is 1. The van der Waals surface area contributed by atoms with Crippen LogP contribution in [0, 0.1) is 11.8 Å². The summed E-state index contributed by atoms with van der Waals surface area (Å²) in [6.07, 6.45) is 1.27. The van der Waals surface area contributed by atoms with Gasteiger partial charge in [-0.15, -0.1) is 0 Å². The summed E-state index contributed by atoms with van der Waals surface area (Å²) in [5.74, 6) is 2.26. The largest absolute Gasteiger partial charge is 0.324 e. The third kappa shape index (κ3) is 4.83. The zero-order valence-electron chi connectivity index (χ0n) is 16.2. The van der Waals surface area contributed by atoms with Crippen molar-refractivity contribution in [3.8, 4) is 0 Å². The molecular weight excluding hydrogens is 296 g/mol. The Morgan fingerprint density at radius 2 is 1.58 bits per heavy atom. The second-order valence-electron chi connectivity index (χ2n) is 8.31. The predicted molar refractivity (Wildman–Crippen MR) is 103 cm³/mol. The van der Waals surface area contributed by atoms with Crippen LogP contribution < -0.4 is 5.32 Å². The van der Waals surface area contributed by atoms with Gasteiger partial charge in [-0.05, 0) is 41.2 Å². The minimum Gasteiger partial charge on any atom is -0.324 e. The molecular formula is C21H34N2O. The molecule has 0 spiro atoms. The van der Waals surface area contributed by atoms with Gasteiger partial charge in [-0.1, -0.05) is 59.7 Å². The van der Waals surface area contributed by atoms with Gasteiger partial charge in [0.2, 0.25) is 5.91 Å². The van der Waals surface area contributed by atoms with Crippen LogP contribution in [0.4, 0.5) is 5.69 Å². The number of hydrogen-bond acceptors (Lipinski definition) is 2. The molecule has 2 atom stereocenters. The van der Waals surface area contributed by atoms with E-state index in [4.69, 9.17) is 0 Å². The molecule has 3 nitrogen and oxygen atoms in total. The lowest BCUT2D eigenvalue weighted by molar-refractivity contribution is -0.117. The monoisotopic (exact) mass is 330 g/mol. The Kier molecular flexibility index (Phi) is 6.45. The van der Waals surface area contributed by atoms with E-state index < -0.39 is 0 Å². The first-order chi connectivity index (χ1) is 11.3. The standard InChI is InChI=1S/C21H34N2O/c1-14(2)18-8-7-9-19(15(3)4)21(18)22-20(24)13-23-11-16(5)10-17(6)12-23/h7-9,14-17H,10-13H2,1-6H3,(H,22,24)/t16-,17-/m1/s1. The molecule has 2 rings (SSSR count). The van der Waals surface area contributed by atoms with Crippen molar-refractivity contribution in [3.63, 3.8) is 0 Å². The van der Waals surface area contributed by atoms with Crippen LogP contribution in [-0.2, 0) is 4.79 Å². The average molecular weight is 331 g/mol. The molecule has 1 aromatic rings. The van der Waals surface area contributed by atoms with Gasteiger partial charge in [-0.25, -0.2) is 0 Å². The van der Waals surface area contributed by atoms with Gasteiger partial charge in [0.15, 0.2) is 0 Å². The van der Waals surface area contributed by atoms with E-state index in [9.17, 15) is 4.79 Å². The van der Waals surface area contributed by atoms with Gasteiger partial charge in [0.25, 0.3) is 0 Å². The number of piperidine rings is 1. The molecule has 134 valence electrons. The molecule has 1 heterocycles. The molecule has 3 heteroatoms. The number of nitrogens with one attached hydrogen (secondary N) is 1. The lowest BCUT2D eigenvalue weighted by atomic mass is 9.91. The second-order valence-corrected chi connectivity index (χ2v) is 8.31. The van der Waals surface area contributed by atoms with Crippen LogP contribution in [0.25, 0.3) is 0 Å². The Hall–Kier alpha value is -1.35. The Balaban J connectivity index is 2.13. The quantitative estimate of drug-likeness (QED) is 0.837. The van der Waals surface area contributed by atoms with E-state index in [2.05, 4.69) is 70.0 Å². The topological polar surface area (TPSA) is 32.3 Å². The molecule has 0 aliphatic carbocycles. The lowest BCUT2D eigenvalue weighted by Gasteiger charge is -2.34. The molecule has 0 saturated carbocycles. The second kappa shape index (κ2) is 8.15. The molecule has 1 aliphatic rings. The van der Waals surface area contributed by atoms with Crippen molar-refractivity contribution in [2.45, 2.75) is 59.8 Å². The fraction of sp³-hybridized carbons (Fsp3) is 0.667. The minimum atomic E-state index is 0.117. The Morgan fingerprint density at radius 1 is 1.08 bits per heavy atom. The number of likely N-dealkylation sites (tertiary alicyclic amines) is 1. The van der Waals surface area contributed by atoms with E-state index in [-0.39, 0.29) is 5.91 Å². The molecule has 0 radical (unpaired) electrons. The van der Waals surface area contributed by atoms with Gasteiger partial charge in [0, 0.05) is 18.8 Å². The maximum atomic E-state index is 12.7. The van der Waals surface area contributed by atoms with Crippen molar-refractivity contribution in [2.75, 3.05) is 25.0 Å². The van der Waals surface area contributed by atoms with Gasteiger partial charge < -0.3 is 5.32 Å². The normalized spacial score (nSPS) is 22.2. The zero-order valence-corrected chi connectivity index (χ0v) is 16.2. The van der Waals surface area contributed by atoms with Crippen LogP contribution in [0.1, 0.15) is 70.9 Å². The number of rotatable bonds is 5. The predicted octanol–water partition coefficient (Wildman–Crippen LogP) is 4.85. The van der Waals surface area contributed by atoms with E-state index in [0.29, 0.717) is 30.2 Å². The average Bonchev–Trinajstić information content (AvgIpc) is 2.45. The number of carbonyl (C=O) groups excluding carboxylic acids is 1.